The topological polar surface area (TPSA) is 61.8 Å². The molecule has 2 aliphatic heterocycles. The van der Waals surface area contributed by atoms with E-state index in [1.54, 1.807) is 11.9 Å². The standard InChI is InChI=1S/C14H18N2O3/c1-16-12-3-2-11(4-10(12)5-13(16)18)15-6-14(7-17)8-19-9-14/h2-4,15,17H,5-9H2,1H3. The number of rotatable bonds is 4. The van der Waals surface area contributed by atoms with Crippen LogP contribution in [-0.4, -0.2) is 44.4 Å². The number of amides is 1. The monoisotopic (exact) mass is 262 g/mol. The first-order valence-electron chi connectivity index (χ1n) is 6.46. The summed E-state index contributed by atoms with van der Waals surface area (Å²) in [5.41, 5.74) is 2.88. The van der Waals surface area contributed by atoms with Crippen LogP contribution in [0.25, 0.3) is 0 Å². The van der Waals surface area contributed by atoms with Gasteiger partial charge in [0.15, 0.2) is 0 Å². The van der Waals surface area contributed by atoms with Gasteiger partial charge in [0, 0.05) is 25.0 Å². The van der Waals surface area contributed by atoms with Crippen LogP contribution in [0.2, 0.25) is 0 Å². The maximum Gasteiger partial charge on any atom is 0.231 e. The molecule has 1 fully saturated rings. The number of aliphatic hydroxyl groups excluding tert-OH is 1. The number of carbonyl (C=O) groups excluding carboxylic acids is 1. The first-order valence-corrected chi connectivity index (χ1v) is 6.46. The van der Waals surface area contributed by atoms with E-state index in [2.05, 4.69) is 5.32 Å². The van der Waals surface area contributed by atoms with Crippen LogP contribution in [0.15, 0.2) is 18.2 Å². The Bertz CT molecular complexity index is 506. The smallest absolute Gasteiger partial charge is 0.231 e. The molecule has 0 radical (unpaired) electrons. The average molecular weight is 262 g/mol. The summed E-state index contributed by atoms with van der Waals surface area (Å²) in [5, 5.41) is 12.7. The van der Waals surface area contributed by atoms with Crippen molar-refractivity contribution < 1.29 is 14.6 Å². The lowest BCUT2D eigenvalue weighted by Crippen LogP contribution is -2.50. The predicted octanol–water partition coefficient (Wildman–Crippen LogP) is 0.626. The van der Waals surface area contributed by atoms with E-state index >= 15 is 0 Å². The molecule has 19 heavy (non-hydrogen) atoms. The largest absolute Gasteiger partial charge is 0.396 e. The molecule has 0 bridgehead atoms. The van der Waals surface area contributed by atoms with Crippen LogP contribution in [0.5, 0.6) is 0 Å². The van der Waals surface area contributed by atoms with Crippen molar-refractivity contribution in [3.63, 3.8) is 0 Å². The van der Waals surface area contributed by atoms with Crippen molar-refractivity contribution in [2.75, 3.05) is 43.6 Å². The fourth-order valence-corrected chi connectivity index (χ4v) is 2.51. The molecular weight excluding hydrogens is 244 g/mol. The van der Waals surface area contributed by atoms with Crippen molar-refractivity contribution in [2.45, 2.75) is 6.42 Å². The highest BCUT2D eigenvalue weighted by atomic mass is 16.5. The molecule has 2 N–H and O–H groups in total. The third-order valence-electron chi connectivity index (χ3n) is 3.98. The van der Waals surface area contributed by atoms with Gasteiger partial charge in [0.25, 0.3) is 0 Å². The number of hydrogen-bond acceptors (Lipinski definition) is 4. The molecule has 1 aromatic carbocycles. The van der Waals surface area contributed by atoms with Crippen molar-refractivity contribution in [1.82, 2.24) is 0 Å². The first kappa shape index (κ1) is 12.4. The Labute approximate surface area is 112 Å². The van der Waals surface area contributed by atoms with E-state index in [0.29, 0.717) is 26.2 Å². The number of carbonyl (C=O) groups is 1. The normalized spacial score (nSPS) is 20.1. The van der Waals surface area contributed by atoms with Gasteiger partial charge in [-0.25, -0.2) is 0 Å². The molecule has 102 valence electrons. The lowest BCUT2D eigenvalue weighted by atomic mass is 9.87. The highest BCUT2D eigenvalue weighted by molar-refractivity contribution is 6.01. The van der Waals surface area contributed by atoms with Crippen molar-refractivity contribution in [1.29, 1.82) is 0 Å². The van der Waals surface area contributed by atoms with Gasteiger partial charge in [0.05, 0.1) is 31.7 Å². The van der Waals surface area contributed by atoms with Crippen LogP contribution < -0.4 is 10.2 Å². The van der Waals surface area contributed by atoms with E-state index in [1.165, 1.54) is 0 Å². The van der Waals surface area contributed by atoms with Crippen molar-refractivity contribution >= 4 is 17.3 Å². The molecule has 1 amide bonds. The fourth-order valence-electron chi connectivity index (χ4n) is 2.51. The van der Waals surface area contributed by atoms with Crippen molar-refractivity contribution in [2.24, 2.45) is 5.41 Å². The van der Waals surface area contributed by atoms with E-state index < -0.39 is 0 Å². The summed E-state index contributed by atoms with van der Waals surface area (Å²) >= 11 is 0. The van der Waals surface area contributed by atoms with Crippen LogP contribution in [-0.2, 0) is 16.0 Å². The summed E-state index contributed by atoms with van der Waals surface area (Å²) in [6.07, 6.45) is 0.468. The molecule has 0 saturated carbocycles. The van der Waals surface area contributed by atoms with E-state index in [1.807, 2.05) is 18.2 Å². The van der Waals surface area contributed by atoms with Gasteiger partial charge in [-0.05, 0) is 23.8 Å². The maximum atomic E-state index is 11.6. The minimum Gasteiger partial charge on any atom is -0.396 e. The van der Waals surface area contributed by atoms with Crippen molar-refractivity contribution in [3.05, 3.63) is 23.8 Å². The highest BCUT2D eigenvalue weighted by Crippen LogP contribution is 2.31. The molecule has 5 nitrogen and oxygen atoms in total. The number of nitrogens with one attached hydrogen (secondary N) is 1. The fraction of sp³-hybridized carbons (Fsp3) is 0.500. The zero-order valence-electron chi connectivity index (χ0n) is 11.0. The lowest BCUT2D eigenvalue weighted by Gasteiger charge is -2.40. The van der Waals surface area contributed by atoms with E-state index in [9.17, 15) is 9.90 Å². The summed E-state index contributed by atoms with van der Waals surface area (Å²) in [7, 11) is 1.80. The van der Waals surface area contributed by atoms with E-state index in [4.69, 9.17) is 4.74 Å². The van der Waals surface area contributed by atoms with Crippen LogP contribution in [0.1, 0.15) is 5.56 Å². The number of hydrogen-bond donors (Lipinski definition) is 2. The molecule has 0 unspecified atom stereocenters. The number of aliphatic hydroxyl groups is 1. The van der Waals surface area contributed by atoms with E-state index in [0.717, 1.165) is 16.9 Å². The first-order chi connectivity index (χ1) is 9.13. The second kappa shape index (κ2) is 4.51. The number of anilines is 2. The Balaban J connectivity index is 1.70. The Morgan fingerprint density at radius 1 is 1.47 bits per heavy atom. The lowest BCUT2D eigenvalue weighted by molar-refractivity contribution is -0.128. The number of benzene rings is 1. The number of fused-ring (bicyclic) bond motifs is 1. The van der Waals surface area contributed by atoms with Crippen LogP contribution in [0, 0.1) is 5.41 Å². The molecule has 2 heterocycles. The summed E-state index contributed by atoms with van der Waals surface area (Å²) in [6, 6.07) is 5.95. The zero-order valence-corrected chi connectivity index (χ0v) is 11.0. The van der Waals surface area contributed by atoms with Gasteiger partial charge < -0.3 is 20.1 Å². The molecule has 3 rings (SSSR count). The molecular formula is C14H18N2O3. The van der Waals surface area contributed by atoms with E-state index in [-0.39, 0.29) is 17.9 Å². The number of ether oxygens (including phenoxy) is 1. The third-order valence-corrected chi connectivity index (χ3v) is 3.98. The average Bonchev–Trinajstić information content (AvgIpc) is 2.64. The maximum absolute atomic E-state index is 11.6. The van der Waals surface area contributed by atoms with Crippen LogP contribution >= 0.6 is 0 Å². The SMILES string of the molecule is CN1C(=O)Cc2cc(NCC3(CO)COC3)ccc21. The Kier molecular flexibility index (Phi) is 2.95. The molecule has 5 heteroatoms. The highest BCUT2D eigenvalue weighted by Gasteiger charge is 2.37. The Morgan fingerprint density at radius 2 is 2.26 bits per heavy atom. The molecule has 0 aliphatic carbocycles. The summed E-state index contributed by atoms with van der Waals surface area (Å²) < 4.78 is 5.17. The third kappa shape index (κ3) is 2.09. The molecule has 1 saturated heterocycles. The van der Waals surface area contributed by atoms with Crippen molar-refractivity contribution in [3.8, 4) is 0 Å². The predicted molar refractivity (Wildman–Crippen MR) is 72.4 cm³/mol. The molecule has 0 atom stereocenters. The van der Waals surface area contributed by atoms with Gasteiger partial charge in [-0.1, -0.05) is 0 Å². The van der Waals surface area contributed by atoms with Gasteiger partial charge in [-0.15, -0.1) is 0 Å². The molecule has 2 aliphatic rings. The Morgan fingerprint density at radius 3 is 2.89 bits per heavy atom. The summed E-state index contributed by atoms with van der Waals surface area (Å²) in [4.78, 5) is 13.3. The summed E-state index contributed by atoms with van der Waals surface area (Å²) in [6.45, 7) is 2.02. The minimum atomic E-state index is -0.147. The van der Waals surface area contributed by atoms with Gasteiger partial charge in [0.2, 0.25) is 5.91 Å². The number of nitrogens with zero attached hydrogens (tertiary/aromatic N) is 1. The minimum absolute atomic E-state index is 0.131. The second-order valence-electron chi connectivity index (χ2n) is 5.48. The van der Waals surface area contributed by atoms with Gasteiger partial charge in [-0.3, -0.25) is 4.79 Å². The van der Waals surface area contributed by atoms with Gasteiger partial charge in [0.1, 0.15) is 0 Å². The second-order valence-corrected chi connectivity index (χ2v) is 5.48. The Hall–Kier alpha value is -1.59. The number of likely N-dealkylation sites (N-methyl/N-ethyl adjacent to an activating group) is 1. The van der Waals surface area contributed by atoms with Gasteiger partial charge in [-0.2, -0.15) is 0 Å². The molecule has 0 aromatic heterocycles. The quantitative estimate of drug-likeness (QED) is 0.835. The zero-order chi connectivity index (χ0) is 13.5. The molecule has 1 aromatic rings. The van der Waals surface area contributed by atoms with Crippen LogP contribution in [0.4, 0.5) is 11.4 Å². The summed E-state index contributed by atoms with van der Waals surface area (Å²) in [5.74, 6) is 0.131. The molecule has 0 spiro atoms. The van der Waals surface area contributed by atoms with Crippen LogP contribution in [0.3, 0.4) is 0 Å². The van der Waals surface area contributed by atoms with Gasteiger partial charge >= 0.3 is 0 Å².